The molecule has 6 nitrogen and oxygen atoms in total. The van der Waals surface area contributed by atoms with Crippen LogP contribution < -0.4 is 5.73 Å². The molecule has 4 rings (SSSR count). The fourth-order valence-electron chi connectivity index (χ4n) is 2.88. The number of primary amides is 1. The van der Waals surface area contributed by atoms with Gasteiger partial charge in [-0.25, -0.2) is 4.98 Å². The first-order valence-electron chi connectivity index (χ1n) is 8.02. The van der Waals surface area contributed by atoms with Gasteiger partial charge < -0.3 is 14.7 Å². The Labute approximate surface area is 153 Å². The molecule has 0 bridgehead atoms. The summed E-state index contributed by atoms with van der Waals surface area (Å²) in [6, 6.07) is 9.38. The minimum atomic E-state index is -0.454. The van der Waals surface area contributed by atoms with E-state index in [4.69, 9.17) is 15.1 Å². The van der Waals surface area contributed by atoms with Crippen LogP contribution in [-0.4, -0.2) is 20.4 Å². The molecule has 0 fully saturated rings. The van der Waals surface area contributed by atoms with Crippen LogP contribution in [0.1, 0.15) is 21.8 Å². The second-order valence-corrected chi connectivity index (χ2v) is 6.70. The van der Waals surface area contributed by atoms with Gasteiger partial charge in [0.25, 0.3) is 5.91 Å². The smallest absolute Gasteiger partial charge is 0.250 e. The Morgan fingerprint density at radius 2 is 2.23 bits per heavy atom. The molecule has 0 atom stereocenters. The van der Waals surface area contributed by atoms with Crippen LogP contribution in [0.25, 0.3) is 22.0 Å². The second kappa shape index (κ2) is 6.61. The van der Waals surface area contributed by atoms with Crippen LogP contribution in [-0.2, 0) is 6.54 Å². The molecular formula is C19H16N4O2S. The maximum Gasteiger partial charge on any atom is 0.250 e. The minimum absolute atomic E-state index is 0.454. The van der Waals surface area contributed by atoms with Crippen molar-refractivity contribution >= 4 is 17.2 Å². The van der Waals surface area contributed by atoms with Gasteiger partial charge >= 0.3 is 0 Å². The Morgan fingerprint density at radius 3 is 2.92 bits per heavy atom. The highest BCUT2D eigenvalue weighted by Gasteiger charge is 2.19. The van der Waals surface area contributed by atoms with Crippen molar-refractivity contribution < 1.29 is 9.21 Å². The summed E-state index contributed by atoms with van der Waals surface area (Å²) < 4.78 is 7.47. The highest BCUT2D eigenvalue weighted by atomic mass is 32.1. The predicted molar refractivity (Wildman–Crippen MR) is 99.8 cm³/mol. The summed E-state index contributed by atoms with van der Waals surface area (Å²) in [7, 11) is 0. The number of pyridine rings is 1. The number of aromatic nitrogens is 3. The maximum absolute atomic E-state index is 11.8. The SMILES string of the molecule is Cc1c(C(N)=O)cc(-c2csc(-c3cccnc3)n2)n1Cc1ccco1. The number of hydrogen-bond donors (Lipinski definition) is 1. The van der Waals surface area contributed by atoms with Crippen molar-refractivity contribution in [3.8, 4) is 22.0 Å². The number of rotatable bonds is 5. The summed E-state index contributed by atoms with van der Waals surface area (Å²) >= 11 is 1.53. The third kappa shape index (κ3) is 2.93. The lowest BCUT2D eigenvalue weighted by molar-refractivity contribution is 0.0999. The molecular weight excluding hydrogens is 348 g/mol. The molecule has 0 radical (unpaired) electrons. The van der Waals surface area contributed by atoms with E-state index in [9.17, 15) is 4.79 Å². The lowest BCUT2D eigenvalue weighted by Gasteiger charge is -2.09. The molecule has 2 N–H and O–H groups in total. The molecule has 0 saturated heterocycles. The van der Waals surface area contributed by atoms with E-state index in [2.05, 4.69) is 4.98 Å². The molecule has 0 aliphatic rings. The lowest BCUT2D eigenvalue weighted by Crippen LogP contribution is -2.12. The van der Waals surface area contributed by atoms with E-state index in [-0.39, 0.29) is 0 Å². The highest BCUT2D eigenvalue weighted by molar-refractivity contribution is 7.13. The van der Waals surface area contributed by atoms with Gasteiger partial charge in [-0.2, -0.15) is 0 Å². The fourth-order valence-corrected chi connectivity index (χ4v) is 3.69. The molecule has 4 aromatic rings. The van der Waals surface area contributed by atoms with Gasteiger partial charge in [-0.1, -0.05) is 0 Å². The standard InChI is InChI=1S/C19H16N4O2S/c1-12-15(18(20)24)8-17(23(12)10-14-5-3-7-25-14)16-11-26-19(22-16)13-4-2-6-21-9-13/h2-9,11H,10H2,1H3,(H2,20,24). The normalized spacial score (nSPS) is 11.0. The molecule has 130 valence electrons. The van der Waals surface area contributed by atoms with Crippen molar-refractivity contribution in [2.45, 2.75) is 13.5 Å². The first kappa shape index (κ1) is 16.3. The number of nitrogens with two attached hydrogens (primary N) is 1. The van der Waals surface area contributed by atoms with Crippen molar-refractivity contribution in [3.05, 3.63) is 71.4 Å². The van der Waals surface area contributed by atoms with E-state index >= 15 is 0 Å². The highest BCUT2D eigenvalue weighted by Crippen LogP contribution is 2.31. The van der Waals surface area contributed by atoms with Crippen molar-refractivity contribution in [2.24, 2.45) is 5.73 Å². The van der Waals surface area contributed by atoms with Crippen molar-refractivity contribution in [1.29, 1.82) is 0 Å². The minimum Gasteiger partial charge on any atom is -0.467 e. The molecule has 26 heavy (non-hydrogen) atoms. The lowest BCUT2D eigenvalue weighted by atomic mass is 10.2. The molecule has 0 unspecified atom stereocenters. The Hall–Kier alpha value is -3.19. The Balaban J connectivity index is 1.79. The van der Waals surface area contributed by atoms with Gasteiger partial charge in [0.1, 0.15) is 10.8 Å². The molecule has 0 aliphatic heterocycles. The number of furan rings is 1. The van der Waals surface area contributed by atoms with Gasteiger partial charge in [0.05, 0.1) is 29.8 Å². The molecule has 0 saturated carbocycles. The number of amides is 1. The zero-order valence-corrected chi connectivity index (χ0v) is 14.9. The summed E-state index contributed by atoms with van der Waals surface area (Å²) in [4.78, 5) is 20.7. The Bertz CT molecular complexity index is 1050. The first-order chi connectivity index (χ1) is 12.6. The average Bonchev–Trinajstić information content (AvgIpc) is 3.38. The number of carbonyl (C=O) groups excluding carboxylic acids is 1. The maximum atomic E-state index is 11.8. The van der Waals surface area contributed by atoms with Gasteiger partial charge in [-0.15, -0.1) is 11.3 Å². The summed E-state index contributed by atoms with van der Waals surface area (Å²) in [5.74, 6) is 0.341. The van der Waals surface area contributed by atoms with Crippen LogP contribution >= 0.6 is 11.3 Å². The second-order valence-electron chi connectivity index (χ2n) is 5.84. The molecule has 0 aromatic carbocycles. The van der Waals surface area contributed by atoms with E-state index in [0.717, 1.165) is 33.4 Å². The van der Waals surface area contributed by atoms with Crippen LogP contribution in [0, 0.1) is 6.92 Å². The van der Waals surface area contributed by atoms with Gasteiger partial charge in [-0.3, -0.25) is 9.78 Å². The number of carbonyl (C=O) groups is 1. The van der Waals surface area contributed by atoms with Crippen LogP contribution in [0.4, 0.5) is 0 Å². The Morgan fingerprint density at radius 1 is 1.35 bits per heavy atom. The van der Waals surface area contributed by atoms with Gasteiger partial charge in [0.15, 0.2) is 0 Å². The quantitative estimate of drug-likeness (QED) is 0.585. The summed E-state index contributed by atoms with van der Waals surface area (Å²) in [5.41, 5.74) is 9.40. The fraction of sp³-hybridized carbons (Fsp3) is 0.105. The third-order valence-corrected chi connectivity index (χ3v) is 5.09. The van der Waals surface area contributed by atoms with E-state index in [1.54, 1.807) is 24.7 Å². The zero-order valence-electron chi connectivity index (χ0n) is 14.0. The van der Waals surface area contributed by atoms with Crippen LogP contribution in [0.2, 0.25) is 0 Å². The van der Waals surface area contributed by atoms with Crippen LogP contribution in [0.15, 0.2) is 58.8 Å². The van der Waals surface area contributed by atoms with Crippen LogP contribution in [0.3, 0.4) is 0 Å². The van der Waals surface area contributed by atoms with Crippen molar-refractivity contribution in [1.82, 2.24) is 14.5 Å². The largest absolute Gasteiger partial charge is 0.467 e. The predicted octanol–water partition coefficient (Wildman–Crippen LogP) is 3.72. The zero-order chi connectivity index (χ0) is 18.1. The summed E-state index contributed by atoms with van der Waals surface area (Å²) in [6.45, 7) is 2.38. The van der Waals surface area contributed by atoms with Crippen molar-refractivity contribution in [3.63, 3.8) is 0 Å². The number of thiazole rings is 1. The number of hydrogen-bond acceptors (Lipinski definition) is 5. The van der Waals surface area contributed by atoms with Crippen molar-refractivity contribution in [2.75, 3.05) is 0 Å². The molecule has 0 spiro atoms. The molecule has 1 amide bonds. The van der Waals surface area contributed by atoms with Crippen LogP contribution in [0.5, 0.6) is 0 Å². The molecule has 0 aliphatic carbocycles. The van der Waals surface area contributed by atoms with E-state index < -0.39 is 5.91 Å². The monoisotopic (exact) mass is 364 g/mol. The third-order valence-electron chi connectivity index (χ3n) is 4.20. The van der Waals surface area contributed by atoms with E-state index in [1.807, 2.05) is 41.1 Å². The topological polar surface area (TPSA) is 86.9 Å². The molecule has 4 heterocycles. The van der Waals surface area contributed by atoms with E-state index in [1.165, 1.54) is 11.3 Å². The van der Waals surface area contributed by atoms with Gasteiger partial charge in [0.2, 0.25) is 0 Å². The number of nitrogens with zero attached hydrogens (tertiary/aromatic N) is 3. The van der Waals surface area contributed by atoms with E-state index in [0.29, 0.717) is 12.1 Å². The summed E-state index contributed by atoms with van der Waals surface area (Å²) in [6.07, 6.45) is 5.14. The summed E-state index contributed by atoms with van der Waals surface area (Å²) in [5, 5.41) is 2.85. The average molecular weight is 364 g/mol. The van der Waals surface area contributed by atoms with Gasteiger partial charge in [-0.05, 0) is 37.3 Å². The Kier molecular flexibility index (Phi) is 4.14. The first-order valence-corrected chi connectivity index (χ1v) is 8.90. The van der Waals surface area contributed by atoms with Gasteiger partial charge in [0, 0.05) is 29.0 Å². The molecule has 4 aromatic heterocycles. The molecule has 7 heteroatoms.